The van der Waals surface area contributed by atoms with Gasteiger partial charge in [0.15, 0.2) is 0 Å². The van der Waals surface area contributed by atoms with Gasteiger partial charge in [-0.15, -0.1) is 0 Å². The van der Waals surface area contributed by atoms with Gasteiger partial charge in [-0.3, -0.25) is 0 Å². The number of alkyl carbamates (subject to hydrolysis) is 1. The van der Waals surface area contributed by atoms with Crippen LogP contribution in [0.2, 0.25) is 0 Å². The summed E-state index contributed by atoms with van der Waals surface area (Å²) in [5.74, 6) is 0.779. The van der Waals surface area contributed by atoms with E-state index in [0.29, 0.717) is 13.2 Å². The zero-order valence-electron chi connectivity index (χ0n) is 13.0. The molecule has 0 bridgehead atoms. The Balaban J connectivity index is 1.69. The van der Waals surface area contributed by atoms with Crippen LogP contribution in [0.1, 0.15) is 32.4 Å². The molecule has 0 radical (unpaired) electrons. The normalized spacial score (nSPS) is 20.0. The molecule has 0 aromatic heterocycles. The molecule has 1 aromatic carbocycles. The van der Waals surface area contributed by atoms with Crippen LogP contribution in [0.15, 0.2) is 18.2 Å². The van der Waals surface area contributed by atoms with Crippen LogP contribution in [0.25, 0.3) is 0 Å². The Morgan fingerprint density at radius 3 is 3.00 bits per heavy atom. The fourth-order valence-electron chi connectivity index (χ4n) is 2.56. The topological polar surface area (TPSA) is 66.0 Å². The molecule has 0 spiro atoms. The molecule has 0 saturated carbocycles. The van der Waals surface area contributed by atoms with Gasteiger partial charge in [-0.1, -0.05) is 12.1 Å². The molecule has 2 heterocycles. The monoisotopic (exact) mass is 305 g/mol. The van der Waals surface area contributed by atoms with Crippen molar-refractivity contribution in [2.75, 3.05) is 19.8 Å². The highest BCUT2D eigenvalue weighted by Gasteiger charge is 2.41. The van der Waals surface area contributed by atoms with E-state index in [9.17, 15) is 4.79 Å². The number of nitrogens with one attached hydrogen (secondary N) is 1. The number of rotatable bonds is 2. The Kier molecular flexibility index (Phi) is 4.01. The zero-order valence-corrected chi connectivity index (χ0v) is 13.0. The lowest BCUT2D eigenvalue weighted by atomic mass is 9.78. The molecule has 7 heteroatoms. The maximum atomic E-state index is 11.8. The Morgan fingerprint density at radius 1 is 1.41 bits per heavy atom. The molecule has 0 unspecified atom stereocenters. The quantitative estimate of drug-likeness (QED) is 0.836. The molecule has 1 N–H and O–H groups in total. The lowest BCUT2D eigenvalue weighted by Crippen LogP contribution is -2.41. The van der Waals surface area contributed by atoms with Gasteiger partial charge in [-0.05, 0) is 32.4 Å². The molecule has 22 heavy (non-hydrogen) atoms. The SMILES string of the molecule is CC(C)(C)NC(=O)OC[C@H]1OB2OCCOc3cccc1c32. The zero-order chi connectivity index (χ0) is 15.7. The maximum absolute atomic E-state index is 11.8. The largest absolute Gasteiger partial charge is 0.498 e. The molecule has 2 aliphatic rings. The number of hydrogen-bond donors (Lipinski definition) is 1. The number of ether oxygens (including phenoxy) is 2. The predicted molar refractivity (Wildman–Crippen MR) is 81.3 cm³/mol. The highest BCUT2D eigenvalue weighted by molar-refractivity contribution is 6.64. The van der Waals surface area contributed by atoms with Crippen LogP contribution < -0.4 is 15.5 Å². The molecule has 1 atom stereocenters. The Bertz CT molecular complexity index is 572. The third kappa shape index (κ3) is 3.20. The fraction of sp³-hybridized carbons (Fsp3) is 0.533. The van der Waals surface area contributed by atoms with Crippen LogP contribution in [0.5, 0.6) is 5.75 Å². The van der Waals surface area contributed by atoms with Crippen molar-refractivity contribution in [3.8, 4) is 5.75 Å². The molecule has 118 valence electrons. The average molecular weight is 305 g/mol. The molecule has 1 amide bonds. The second-order valence-electron chi connectivity index (χ2n) is 6.41. The van der Waals surface area contributed by atoms with Crippen molar-refractivity contribution in [2.24, 2.45) is 0 Å². The number of benzene rings is 1. The molecule has 0 fully saturated rings. The summed E-state index contributed by atoms with van der Waals surface area (Å²) in [7, 11) is -0.451. The minimum Gasteiger partial charge on any atom is -0.492 e. The Labute approximate surface area is 130 Å². The van der Waals surface area contributed by atoms with Crippen molar-refractivity contribution >= 4 is 18.7 Å². The van der Waals surface area contributed by atoms with Gasteiger partial charge in [0, 0.05) is 11.0 Å². The van der Waals surface area contributed by atoms with Gasteiger partial charge in [0.2, 0.25) is 0 Å². The maximum Gasteiger partial charge on any atom is 0.498 e. The van der Waals surface area contributed by atoms with Gasteiger partial charge in [-0.25, -0.2) is 4.79 Å². The van der Waals surface area contributed by atoms with E-state index in [4.69, 9.17) is 18.8 Å². The van der Waals surface area contributed by atoms with Crippen molar-refractivity contribution in [3.05, 3.63) is 23.8 Å². The summed E-state index contributed by atoms with van der Waals surface area (Å²) < 4.78 is 22.4. The van der Waals surface area contributed by atoms with Crippen LogP contribution in [-0.4, -0.2) is 38.6 Å². The van der Waals surface area contributed by atoms with E-state index in [-0.39, 0.29) is 18.2 Å². The van der Waals surface area contributed by atoms with E-state index in [2.05, 4.69) is 5.32 Å². The Morgan fingerprint density at radius 2 is 2.23 bits per heavy atom. The van der Waals surface area contributed by atoms with Gasteiger partial charge >= 0.3 is 13.2 Å². The van der Waals surface area contributed by atoms with E-state index < -0.39 is 13.2 Å². The molecule has 3 rings (SSSR count). The highest BCUT2D eigenvalue weighted by atomic mass is 16.6. The smallest absolute Gasteiger partial charge is 0.492 e. The summed E-state index contributed by atoms with van der Waals surface area (Å²) in [5, 5.41) is 2.75. The summed E-state index contributed by atoms with van der Waals surface area (Å²) in [5.41, 5.74) is 1.52. The van der Waals surface area contributed by atoms with E-state index >= 15 is 0 Å². The first kappa shape index (κ1) is 15.2. The first-order valence-electron chi connectivity index (χ1n) is 7.42. The molecule has 1 aromatic rings. The van der Waals surface area contributed by atoms with Gasteiger partial charge in [-0.2, -0.15) is 0 Å². The van der Waals surface area contributed by atoms with Gasteiger partial charge < -0.3 is 24.1 Å². The first-order chi connectivity index (χ1) is 10.4. The molecule has 6 nitrogen and oxygen atoms in total. The van der Waals surface area contributed by atoms with Crippen molar-refractivity contribution in [1.29, 1.82) is 0 Å². The summed E-state index contributed by atoms with van der Waals surface area (Å²) in [6.07, 6.45) is -0.797. The summed E-state index contributed by atoms with van der Waals surface area (Å²) in [6, 6.07) is 5.76. The van der Waals surface area contributed by atoms with Crippen molar-refractivity contribution in [2.45, 2.75) is 32.4 Å². The average Bonchev–Trinajstić information content (AvgIpc) is 2.64. The van der Waals surface area contributed by atoms with E-state index in [1.807, 2.05) is 39.0 Å². The van der Waals surface area contributed by atoms with Crippen LogP contribution in [-0.2, 0) is 14.0 Å². The van der Waals surface area contributed by atoms with Gasteiger partial charge in [0.05, 0.1) is 6.61 Å². The van der Waals surface area contributed by atoms with Crippen molar-refractivity contribution < 1.29 is 23.6 Å². The summed E-state index contributed by atoms with van der Waals surface area (Å²) in [6.45, 7) is 6.81. The van der Waals surface area contributed by atoms with Crippen LogP contribution >= 0.6 is 0 Å². The standard InChI is InChI=1S/C15H20BNO5/c1-15(2,3)17-14(18)20-9-12-10-5-4-6-11-13(10)16(22-12)21-8-7-19-11/h4-6,12H,7-9H2,1-3H3,(H,17,18)/t12-/m1/s1. The number of carbonyl (C=O) groups is 1. The number of hydrogen-bond acceptors (Lipinski definition) is 5. The van der Waals surface area contributed by atoms with E-state index in [1.54, 1.807) is 0 Å². The Hall–Kier alpha value is -1.73. The van der Waals surface area contributed by atoms with Gasteiger partial charge in [0.25, 0.3) is 0 Å². The molecule has 2 aliphatic heterocycles. The minimum atomic E-state index is -0.457. The van der Waals surface area contributed by atoms with Crippen molar-refractivity contribution in [3.63, 3.8) is 0 Å². The molecule has 0 aliphatic carbocycles. The van der Waals surface area contributed by atoms with Crippen molar-refractivity contribution in [1.82, 2.24) is 5.32 Å². The molecular weight excluding hydrogens is 285 g/mol. The first-order valence-corrected chi connectivity index (χ1v) is 7.42. The minimum absolute atomic E-state index is 0.137. The van der Waals surface area contributed by atoms with Crippen LogP contribution in [0.4, 0.5) is 4.79 Å². The molecular formula is C15H20BNO5. The second-order valence-corrected chi connectivity index (χ2v) is 6.41. The lowest BCUT2D eigenvalue weighted by Gasteiger charge is -2.21. The van der Waals surface area contributed by atoms with E-state index in [1.165, 1.54) is 0 Å². The number of amides is 1. The second kappa shape index (κ2) is 5.81. The predicted octanol–water partition coefficient (Wildman–Crippen LogP) is 1.39. The fourth-order valence-corrected chi connectivity index (χ4v) is 2.56. The molecule has 0 saturated heterocycles. The van der Waals surface area contributed by atoms with Gasteiger partial charge in [0.1, 0.15) is 25.1 Å². The van der Waals surface area contributed by atoms with Crippen LogP contribution in [0.3, 0.4) is 0 Å². The van der Waals surface area contributed by atoms with Crippen LogP contribution in [0, 0.1) is 0 Å². The third-order valence-corrected chi connectivity index (χ3v) is 3.42. The lowest BCUT2D eigenvalue weighted by molar-refractivity contribution is 0.0669. The van der Waals surface area contributed by atoms with E-state index in [0.717, 1.165) is 16.8 Å². The highest BCUT2D eigenvalue weighted by Crippen LogP contribution is 2.30. The third-order valence-electron chi connectivity index (χ3n) is 3.42. The number of carbonyl (C=O) groups excluding carboxylic acids is 1. The summed E-state index contributed by atoms with van der Waals surface area (Å²) in [4.78, 5) is 11.8. The summed E-state index contributed by atoms with van der Waals surface area (Å²) >= 11 is 0.